The van der Waals surface area contributed by atoms with Crippen LogP contribution in [-0.4, -0.2) is 56.0 Å². The van der Waals surface area contributed by atoms with Gasteiger partial charge in [0.25, 0.3) is 11.8 Å². The van der Waals surface area contributed by atoms with Gasteiger partial charge in [-0.1, -0.05) is 23.7 Å². The molecule has 1 fully saturated rings. The van der Waals surface area contributed by atoms with Gasteiger partial charge in [-0.2, -0.15) is 0 Å². The Morgan fingerprint density at radius 1 is 0.912 bits per heavy atom. The molecule has 2 aromatic rings. The first-order valence-electron chi connectivity index (χ1n) is 11.5. The molecule has 4 N–H and O–H groups in total. The molecule has 182 valence electrons. The largest absolute Gasteiger partial charge is 0.377 e. The molecule has 2 aromatic carbocycles. The smallest absolute Gasteiger partial charge is 0.252 e. The van der Waals surface area contributed by atoms with E-state index in [2.05, 4.69) is 21.3 Å². The fourth-order valence-electron chi connectivity index (χ4n) is 3.75. The van der Waals surface area contributed by atoms with E-state index in [1.807, 2.05) is 19.1 Å². The van der Waals surface area contributed by atoms with Crippen LogP contribution in [0.2, 0.25) is 5.02 Å². The zero-order chi connectivity index (χ0) is 24.4. The maximum absolute atomic E-state index is 13.1. The Labute approximate surface area is 204 Å². The van der Waals surface area contributed by atoms with Crippen molar-refractivity contribution in [1.29, 1.82) is 0 Å². The first-order chi connectivity index (χ1) is 16.4. The van der Waals surface area contributed by atoms with E-state index in [-0.39, 0.29) is 30.8 Å². The van der Waals surface area contributed by atoms with Gasteiger partial charge in [0.1, 0.15) is 5.54 Å². The van der Waals surface area contributed by atoms with E-state index in [1.54, 1.807) is 36.4 Å². The molecule has 0 unspecified atom stereocenters. The Morgan fingerprint density at radius 2 is 1.50 bits per heavy atom. The normalized spacial score (nSPS) is 14.8. The summed E-state index contributed by atoms with van der Waals surface area (Å²) in [5, 5.41) is 12.4. The number of amides is 3. The Kier molecular flexibility index (Phi) is 9.44. The highest BCUT2D eigenvalue weighted by Gasteiger charge is 2.40. The topological polar surface area (TPSA) is 109 Å². The van der Waals surface area contributed by atoms with Crippen LogP contribution in [-0.2, 0) is 16.1 Å². The second-order valence-electron chi connectivity index (χ2n) is 8.14. The van der Waals surface area contributed by atoms with Crippen LogP contribution in [0.3, 0.4) is 0 Å². The maximum atomic E-state index is 13.1. The molecule has 1 aliphatic rings. The standard InChI is InChI=1S/C25H31ClN4O4/c1-2-34-17-18-3-5-20(6-4-18)23(32)30-25(11-13-27-14-12-25)24(33)29-16-15-28-22(31)19-7-9-21(26)10-8-19/h3-10,27H,2,11-17H2,1H3,(H,28,31)(H,29,33)(H,30,32). The minimum absolute atomic E-state index is 0.245. The van der Waals surface area contributed by atoms with Crippen molar-refractivity contribution in [2.75, 3.05) is 32.8 Å². The Hall–Kier alpha value is -2.94. The number of hydrogen-bond donors (Lipinski definition) is 4. The van der Waals surface area contributed by atoms with Gasteiger partial charge in [0, 0.05) is 35.8 Å². The van der Waals surface area contributed by atoms with Crippen LogP contribution < -0.4 is 21.3 Å². The summed E-state index contributed by atoms with van der Waals surface area (Å²) in [6.07, 6.45) is 0.953. The number of piperidine rings is 1. The highest BCUT2D eigenvalue weighted by Crippen LogP contribution is 2.20. The number of nitrogens with one attached hydrogen (secondary N) is 4. The molecule has 3 rings (SSSR count). The molecular formula is C25H31ClN4O4. The Morgan fingerprint density at radius 3 is 2.15 bits per heavy atom. The Bertz CT molecular complexity index is 973. The molecule has 34 heavy (non-hydrogen) atoms. The van der Waals surface area contributed by atoms with Gasteiger partial charge in [-0.25, -0.2) is 0 Å². The van der Waals surface area contributed by atoms with E-state index in [0.717, 1.165) is 5.56 Å². The molecule has 8 nitrogen and oxygen atoms in total. The van der Waals surface area contributed by atoms with Crippen molar-refractivity contribution in [2.45, 2.75) is 31.9 Å². The number of halogens is 1. The van der Waals surface area contributed by atoms with Gasteiger partial charge in [0.2, 0.25) is 5.91 Å². The molecule has 1 heterocycles. The fourth-order valence-corrected chi connectivity index (χ4v) is 3.87. The van der Waals surface area contributed by atoms with Crippen molar-refractivity contribution >= 4 is 29.3 Å². The van der Waals surface area contributed by atoms with Crippen molar-refractivity contribution < 1.29 is 19.1 Å². The van der Waals surface area contributed by atoms with Gasteiger partial charge >= 0.3 is 0 Å². The molecule has 0 atom stereocenters. The number of ether oxygens (including phenoxy) is 1. The van der Waals surface area contributed by atoms with Gasteiger partial charge in [-0.3, -0.25) is 14.4 Å². The number of carbonyl (C=O) groups is 3. The zero-order valence-electron chi connectivity index (χ0n) is 19.3. The lowest BCUT2D eigenvalue weighted by molar-refractivity contribution is -0.128. The fraction of sp³-hybridized carbons (Fsp3) is 0.400. The zero-order valence-corrected chi connectivity index (χ0v) is 20.0. The molecule has 0 spiro atoms. The summed E-state index contributed by atoms with van der Waals surface area (Å²) in [5.74, 6) is -0.796. The van der Waals surface area contributed by atoms with Crippen molar-refractivity contribution in [3.05, 3.63) is 70.2 Å². The van der Waals surface area contributed by atoms with Crippen LogP contribution in [0.4, 0.5) is 0 Å². The van der Waals surface area contributed by atoms with Crippen LogP contribution in [0.5, 0.6) is 0 Å². The summed E-state index contributed by atoms with van der Waals surface area (Å²) in [4.78, 5) is 38.3. The molecule has 0 radical (unpaired) electrons. The van der Waals surface area contributed by atoms with Crippen LogP contribution in [0.1, 0.15) is 46.0 Å². The van der Waals surface area contributed by atoms with E-state index >= 15 is 0 Å². The molecule has 0 saturated carbocycles. The third-order valence-electron chi connectivity index (χ3n) is 5.74. The van der Waals surface area contributed by atoms with Gasteiger partial charge in [0.15, 0.2) is 0 Å². The first kappa shape index (κ1) is 25.7. The lowest BCUT2D eigenvalue weighted by atomic mass is 9.86. The number of carbonyl (C=O) groups excluding carboxylic acids is 3. The maximum Gasteiger partial charge on any atom is 0.252 e. The predicted octanol–water partition coefficient (Wildman–Crippen LogP) is 2.27. The molecule has 0 aliphatic carbocycles. The highest BCUT2D eigenvalue weighted by atomic mass is 35.5. The highest BCUT2D eigenvalue weighted by molar-refractivity contribution is 6.30. The van der Waals surface area contributed by atoms with Gasteiger partial charge in [-0.05, 0) is 74.8 Å². The molecule has 0 bridgehead atoms. The van der Waals surface area contributed by atoms with Crippen molar-refractivity contribution in [1.82, 2.24) is 21.3 Å². The summed E-state index contributed by atoms with van der Waals surface area (Å²) in [6, 6.07) is 13.7. The second-order valence-corrected chi connectivity index (χ2v) is 8.58. The van der Waals surface area contributed by atoms with Crippen LogP contribution >= 0.6 is 11.6 Å². The first-order valence-corrected chi connectivity index (χ1v) is 11.8. The Balaban J connectivity index is 1.55. The molecule has 1 saturated heterocycles. The van der Waals surface area contributed by atoms with Crippen LogP contribution in [0.25, 0.3) is 0 Å². The van der Waals surface area contributed by atoms with Gasteiger partial charge in [-0.15, -0.1) is 0 Å². The van der Waals surface area contributed by atoms with Crippen LogP contribution in [0, 0.1) is 0 Å². The summed E-state index contributed by atoms with van der Waals surface area (Å²) in [5.41, 5.74) is 0.951. The average Bonchev–Trinajstić information content (AvgIpc) is 2.86. The minimum Gasteiger partial charge on any atom is -0.377 e. The lowest BCUT2D eigenvalue weighted by Crippen LogP contribution is -2.63. The third-order valence-corrected chi connectivity index (χ3v) is 5.99. The molecule has 1 aliphatic heterocycles. The van der Waals surface area contributed by atoms with Crippen LogP contribution in [0.15, 0.2) is 48.5 Å². The molecule has 0 aromatic heterocycles. The van der Waals surface area contributed by atoms with E-state index in [9.17, 15) is 14.4 Å². The monoisotopic (exact) mass is 486 g/mol. The third kappa shape index (κ3) is 7.03. The summed E-state index contributed by atoms with van der Waals surface area (Å²) >= 11 is 5.85. The van der Waals surface area contributed by atoms with Crippen molar-refractivity contribution in [3.63, 3.8) is 0 Å². The number of rotatable bonds is 10. The van der Waals surface area contributed by atoms with Crippen molar-refractivity contribution in [2.24, 2.45) is 0 Å². The minimum atomic E-state index is -1.01. The van der Waals surface area contributed by atoms with Crippen molar-refractivity contribution in [3.8, 4) is 0 Å². The predicted molar refractivity (Wildman–Crippen MR) is 131 cm³/mol. The molecule has 9 heteroatoms. The quantitative estimate of drug-likeness (QED) is 0.385. The van der Waals surface area contributed by atoms with E-state index in [0.29, 0.717) is 55.3 Å². The van der Waals surface area contributed by atoms with E-state index in [1.165, 1.54) is 0 Å². The average molecular weight is 487 g/mol. The van der Waals surface area contributed by atoms with E-state index in [4.69, 9.17) is 16.3 Å². The number of benzene rings is 2. The lowest BCUT2D eigenvalue weighted by Gasteiger charge is -2.37. The van der Waals surface area contributed by atoms with Gasteiger partial charge < -0.3 is 26.0 Å². The summed E-state index contributed by atoms with van der Waals surface area (Å²) in [6.45, 7) is 4.79. The molecular weight excluding hydrogens is 456 g/mol. The summed E-state index contributed by atoms with van der Waals surface area (Å²) in [7, 11) is 0. The van der Waals surface area contributed by atoms with E-state index < -0.39 is 5.54 Å². The SMILES string of the molecule is CCOCc1ccc(C(=O)NC2(C(=O)NCCNC(=O)c3ccc(Cl)cc3)CCNCC2)cc1. The summed E-state index contributed by atoms with van der Waals surface area (Å²) < 4.78 is 5.39. The number of hydrogen-bond acceptors (Lipinski definition) is 5. The molecule has 3 amide bonds. The second kappa shape index (κ2) is 12.5. The van der Waals surface area contributed by atoms with Gasteiger partial charge in [0.05, 0.1) is 6.61 Å².